The van der Waals surface area contributed by atoms with E-state index in [4.69, 9.17) is 15.2 Å². The molecule has 4 N–H and O–H groups in total. The van der Waals surface area contributed by atoms with Crippen LogP contribution in [-0.4, -0.2) is 43.3 Å². The lowest BCUT2D eigenvalue weighted by atomic mass is 10.3. The van der Waals surface area contributed by atoms with Gasteiger partial charge >= 0.3 is 0 Å². The van der Waals surface area contributed by atoms with Crippen LogP contribution in [0.3, 0.4) is 0 Å². The van der Waals surface area contributed by atoms with Crippen molar-refractivity contribution in [3.63, 3.8) is 0 Å². The van der Waals surface area contributed by atoms with E-state index in [0.717, 1.165) is 0 Å². The lowest BCUT2D eigenvalue weighted by molar-refractivity contribution is -0.121. The van der Waals surface area contributed by atoms with Gasteiger partial charge in [0, 0.05) is 13.7 Å². The predicted octanol–water partition coefficient (Wildman–Crippen LogP) is 1.01. The monoisotopic (exact) mass is 296 g/mol. The SMILES string of the molecule is COCCNC(=O)C(C)Nc1ccc(N)c(OC(C)C)n1. The van der Waals surface area contributed by atoms with Gasteiger partial charge in [0.15, 0.2) is 0 Å². The molecule has 0 aliphatic carbocycles. The van der Waals surface area contributed by atoms with E-state index in [9.17, 15) is 4.79 Å². The van der Waals surface area contributed by atoms with Crippen LogP contribution < -0.4 is 21.1 Å². The molecule has 1 heterocycles. The number of nitrogens with zero attached hydrogens (tertiary/aromatic N) is 1. The van der Waals surface area contributed by atoms with Gasteiger partial charge in [-0.2, -0.15) is 4.98 Å². The molecule has 21 heavy (non-hydrogen) atoms. The highest BCUT2D eigenvalue weighted by Crippen LogP contribution is 2.22. The minimum Gasteiger partial charge on any atom is -0.473 e. The number of nitrogens with one attached hydrogen (secondary N) is 2. The third kappa shape index (κ3) is 5.86. The first-order valence-electron chi connectivity index (χ1n) is 6.90. The van der Waals surface area contributed by atoms with E-state index in [2.05, 4.69) is 15.6 Å². The maximum absolute atomic E-state index is 11.8. The Bertz CT molecular complexity index is 466. The molecule has 0 aliphatic heterocycles. The van der Waals surface area contributed by atoms with Crippen molar-refractivity contribution < 1.29 is 14.3 Å². The summed E-state index contributed by atoms with van der Waals surface area (Å²) in [5, 5.41) is 5.76. The summed E-state index contributed by atoms with van der Waals surface area (Å²) in [5.74, 6) is 0.772. The molecule has 1 amide bonds. The zero-order valence-corrected chi connectivity index (χ0v) is 13.0. The van der Waals surface area contributed by atoms with Gasteiger partial charge in [0.25, 0.3) is 0 Å². The molecular formula is C14H24N4O3. The molecule has 0 aliphatic rings. The summed E-state index contributed by atoms with van der Waals surface area (Å²) in [4.78, 5) is 16.1. The van der Waals surface area contributed by atoms with Crippen molar-refractivity contribution in [1.82, 2.24) is 10.3 Å². The van der Waals surface area contributed by atoms with E-state index >= 15 is 0 Å². The van der Waals surface area contributed by atoms with Crippen molar-refractivity contribution in [2.24, 2.45) is 0 Å². The van der Waals surface area contributed by atoms with Crippen molar-refractivity contribution in [3.8, 4) is 5.88 Å². The van der Waals surface area contributed by atoms with Crippen molar-refractivity contribution >= 4 is 17.4 Å². The number of hydrogen-bond acceptors (Lipinski definition) is 6. The van der Waals surface area contributed by atoms with Gasteiger partial charge in [0.05, 0.1) is 18.4 Å². The Labute approximate surface area is 125 Å². The van der Waals surface area contributed by atoms with E-state index in [1.54, 1.807) is 26.2 Å². The number of carbonyl (C=O) groups excluding carboxylic acids is 1. The number of rotatable bonds is 8. The van der Waals surface area contributed by atoms with Crippen LogP contribution in [0.25, 0.3) is 0 Å². The smallest absolute Gasteiger partial charge is 0.242 e. The van der Waals surface area contributed by atoms with Crippen LogP contribution in [0.1, 0.15) is 20.8 Å². The Balaban J connectivity index is 2.63. The molecule has 0 bridgehead atoms. The molecule has 0 fully saturated rings. The van der Waals surface area contributed by atoms with Crippen molar-refractivity contribution in [1.29, 1.82) is 0 Å². The molecule has 118 valence electrons. The molecule has 0 saturated carbocycles. The number of nitrogens with two attached hydrogens (primary N) is 1. The van der Waals surface area contributed by atoms with Crippen molar-refractivity contribution in [2.75, 3.05) is 31.3 Å². The topological polar surface area (TPSA) is 98.5 Å². The highest BCUT2D eigenvalue weighted by molar-refractivity contribution is 5.83. The fourth-order valence-corrected chi connectivity index (χ4v) is 1.57. The summed E-state index contributed by atoms with van der Waals surface area (Å²) < 4.78 is 10.4. The number of carbonyl (C=O) groups is 1. The summed E-state index contributed by atoms with van der Waals surface area (Å²) in [6, 6.07) is 2.98. The van der Waals surface area contributed by atoms with Crippen LogP contribution in [0.2, 0.25) is 0 Å². The summed E-state index contributed by atoms with van der Waals surface area (Å²) in [5.41, 5.74) is 6.27. The molecule has 7 heteroatoms. The molecule has 1 atom stereocenters. The van der Waals surface area contributed by atoms with E-state index in [1.807, 2.05) is 13.8 Å². The van der Waals surface area contributed by atoms with E-state index < -0.39 is 6.04 Å². The number of nitrogen functional groups attached to an aromatic ring is 1. The lowest BCUT2D eigenvalue weighted by Gasteiger charge is -2.16. The first-order chi connectivity index (χ1) is 9.93. The molecule has 0 saturated heterocycles. The van der Waals surface area contributed by atoms with Gasteiger partial charge < -0.3 is 25.8 Å². The first kappa shape index (κ1) is 17.0. The minimum atomic E-state index is -0.426. The third-order valence-corrected chi connectivity index (χ3v) is 2.60. The van der Waals surface area contributed by atoms with E-state index in [-0.39, 0.29) is 12.0 Å². The normalized spacial score (nSPS) is 12.0. The minimum absolute atomic E-state index is 0.0233. The second kappa shape index (κ2) is 8.31. The van der Waals surface area contributed by atoms with Crippen LogP contribution in [0.15, 0.2) is 12.1 Å². The van der Waals surface area contributed by atoms with E-state index in [0.29, 0.717) is 30.5 Å². The van der Waals surface area contributed by atoms with Gasteiger partial charge in [-0.15, -0.1) is 0 Å². The largest absolute Gasteiger partial charge is 0.473 e. The van der Waals surface area contributed by atoms with E-state index in [1.165, 1.54) is 0 Å². The summed E-state index contributed by atoms with van der Waals surface area (Å²) in [6.07, 6.45) is -0.0233. The van der Waals surface area contributed by atoms with Gasteiger partial charge in [-0.3, -0.25) is 4.79 Å². The Morgan fingerprint density at radius 1 is 1.38 bits per heavy atom. The maximum Gasteiger partial charge on any atom is 0.242 e. The average Bonchev–Trinajstić information content (AvgIpc) is 2.42. The zero-order chi connectivity index (χ0) is 15.8. The van der Waals surface area contributed by atoms with Gasteiger partial charge in [0.2, 0.25) is 11.8 Å². The number of pyridine rings is 1. The number of methoxy groups -OCH3 is 1. The van der Waals surface area contributed by atoms with Gasteiger partial charge in [-0.1, -0.05) is 0 Å². The van der Waals surface area contributed by atoms with Crippen LogP contribution in [0.5, 0.6) is 5.88 Å². The number of aromatic nitrogens is 1. The molecule has 1 unspecified atom stereocenters. The Hall–Kier alpha value is -2.02. The molecule has 0 radical (unpaired) electrons. The number of hydrogen-bond donors (Lipinski definition) is 3. The summed E-state index contributed by atoms with van der Waals surface area (Å²) in [7, 11) is 1.59. The van der Waals surface area contributed by atoms with Crippen molar-refractivity contribution in [3.05, 3.63) is 12.1 Å². The highest BCUT2D eigenvalue weighted by atomic mass is 16.5. The first-order valence-corrected chi connectivity index (χ1v) is 6.90. The van der Waals surface area contributed by atoms with Crippen LogP contribution in [-0.2, 0) is 9.53 Å². The van der Waals surface area contributed by atoms with Gasteiger partial charge in [-0.05, 0) is 32.9 Å². The summed E-state index contributed by atoms with van der Waals surface area (Å²) >= 11 is 0. The Kier molecular flexibility index (Phi) is 6.74. The lowest BCUT2D eigenvalue weighted by Crippen LogP contribution is -2.39. The van der Waals surface area contributed by atoms with Gasteiger partial charge in [-0.25, -0.2) is 0 Å². The van der Waals surface area contributed by atoms with Gasteiger partial charge in [0.1, 0.15) is 11.9 Å². The summed E-state index contributed by atoms with van der Waals surface area (Å²) in [6.45, 7) is 6.49. The standard InChI is InChI=1S/C14H24N4O3/c1-9(2)21-14-11(15)5-6-12(18-14)17-10(3)13(19)16-7-8-20-4/h5-6,9-10H,7-8,15H2,1-4H3,(H,16,19)(H,17,18). The second-order valence-corrected chi connectivity index (χ2v) is 4.91. The maximum atomic E-state index is 11.8. The molecule has 0 spiro atoms. The Morgan fingerprint density at radius 2 is 2.10 bits per heavy atom. The highest BCUT2D eigenvalue weighted by Gasteiger charge is 2.14. The average molecular weight is 296 g/mol. The number of amides is 1. The molecule has 0 aromatic carbocycles. The molecule has 7 nitrogen and oxygen atoms in total. The molecular weight excluding hydrogens is 272 g/mol. The van der Waals surface area contributed by atoms with Crippen molar-refractivity contribution in [2.45, 2.75) is 32.9 Å². The molecule has 1 aromatic rings. The fourth-order valence-electron chi connectivity index (χ4n) is 1.57. The Morgan fingerprint density at radius 3 is 2.71 bits per heavy atom. The number of ether oxygens (including phenoxy) is 2. The van der Waals surface area contributed by atoms with Crippen LogP contribution in [0, 0.1) is 0 Å². The second-order valence-electron chi connectivity index (χ2n) is 4.91. The molecule has 1 rings (SSSR count). The molecule has 1 aromatic heterocycles. The predicted molar refractivity (Wildman–Crippen MR) is 82.4 cm³/mol. The fraction of sp³-hybridized carbons (Fsp3) is 0.571. The quantitative estimate of drug-likeness (QED) is 0.619. The third-order valence-electron chi connectivity index (χ3n) is 2.60. The number of anilines is 2. The van der Waals surface area contributed by atoms with Crippen LogP contribution in [0.4, 0.5) is 11.5 Å². The zero-order valence-electron chi connectivity index (χ0n) is 13.0. The van der Waals surface area contributed by atoms with Crippen LogP contribution >= 0.6 is 0 Å².